The average molecular weight is 155 g/mol. The van der Waals surface area contributed by atoms with E-state index in [9.17, 15) is 4.79 Å². The van der Waals surface area contributed by atoms with E-state index in [-0.39, 0.29) is 12.3 Å². The predicted molar refractivity (Wildman–Crippen MR) is 37.2 cm³/mol. The van der Waals surface area contributed by atoms with Crippen molar-refractivity contribution in [2.24, 2.45) is 0 Å². The van der Waals surface area contributed by atoms with Gasteiger partial charge in [-0.25, -0.2) is 4.98 Å². The maximum Gasteiger partial charge on any atom is 0.312 e. The molecule has 0 bridgehead atoms. The topological polar surface area (TPSA) is 63.3 Å². The summed E-state index contributed by atoms with van der Waals surface area (Å²) >= 11 is 0. The third-order valence-corrected chi connectivity index (χ3v) is 1.25. The minimum atomic E-state index is -0.922. The SMILES string of the molecule is CCc1cnc(CC(=O)O)o1. The van der Waals surface area contributed by atoms with Gasteiger partial charge in [0.25, 0.3) is 0 Å². The van der Waals surface area contributed by atoms with E-state index in [4.69, 9.17) is 9.52 Å². The summed E-state index contributed by atoms with van der Waals surface area (Å²) in [6.45, 7) is 1.92. The molecule has 0 saturated carbocycles. The summed E-state index contributed by atoms with van der Waals surface area (Å²) in [5, 5.41) is 8.35. The molecule has 1 heterocycles. The van der Waals surface area contributed by atoms with Crippen molar-refractivity contribution in [3.63, 3.8) is 0 Å². The Bertz CT molecular complexity index is 254. The van der Waals surface area contributed by atoms with Gasteiger partial charge < -0.3 is 9.52 Å². The molecule has 1 aromatic heterocycles. The zero-order chi connectivity index (χ0) is 8.27. The molecule has 1 N–H and O–H groups in total. The molecule has 11 heavy (non-hydrogen) atoms. The number of aryl methyl sites for hydroxylation is 1. The van der Waals surface area contributed by atoms with Gasteiger partial charge in [-0.05, 0) is 0 Å². The van der Waals surface area contributed by atoms with E-state index in [0.29, 0.717) is 0 Å². The van der Waals surface area contributed by atoms with Gasteiger partial charge in [-0.3, -0.25) is 4.79 Å². The van der Waals surface area contributed by atoms with Crippen molar-refractivity contribution in [2.45, 2.75) is 19.8 Å². The van der Waals surface area contributed by atoms with Crippen molar-refractivity contribution in [1.82, 2.24) is 4.98 Å². The summed E-state index contributed by atoms with van der Waals surface area (Å²) in [7, 11) is 0. The Hall–Kier alpha value is -1.32. The first-order valence-electron chi connectivity index (χ1n) is 3.37. The summed E-state index contributed by atoms with van der Waals surface area (Å²) in [5.74, 6) is 0.0742. The number of hydrogen-bond donors (Lipinski definition) is 1. The first-order chi connectivity index (χ1) is 5.22. The summed E-state index contributed by atoms with van der Waals surface area (Å²) in [5.41, 5.74) is 0. The van der Waals surface area contributed by atoms with Crippen LogP contribution in [-0.2, 0) is 17.6 Å². The van der Waals surface area contributed by atoms with Crippen molar-refractivity contribution in [2.75, 3.05) is 0 Å². The fraction of sp³-hybridized carbons (Fsp3) is 0.429. The van der Waals surface area contributed by atoms with Gasteiger partial charge >= 0.3 is 5.97 Å². The second kappa shape index (κ2) is 3.18. The van der Waals surface area contributed by atoms with E-state index in [1.165, 1.54) is 0 Å². The zero-order valence-corrected chi connectivity index (χ0v) is 6.20. The van der Waals surface area contributed by atoms with Crippen LogP contribution in [0.1, 0.15) is 18.6 Å². The van der Waals surface area contributed by atoms with Crippen LogP contribution in [0.15, 0.2) is 10.6 Å². The molecular weight excluding hydrogens is 146 g/mol. The maximum atomic E-state index is 10.2. The highest BCUT2D eigenvalue weighted by Gasteiger charge is 2.05. The fourth-order valence-electron chi connectivity index (χ4n) is 0.723. The van der Waals surface area contributed by atoms with E-state index in [1.54, 1.807) is 6.20 Å². The van der Waals surface area contributed by atoms with Gasteiger partial charge in [0, 0.05) is 6.42 Å². The summed E-state index contributed by atoms with van der Waals surface area (Å²) in [6, 6.07) is 0. The highest BCUT2D eigenvalue weighted by atomic mass is 16.4. The standard InChI is InChI=1S/C7H9NO3/c1-2-5-4-8-6(11-5)3-7(9)10/h4H,2-3H2,1H3,(H,9,10). The van der Waals surface area contributed by atoms with E-state index >= 15 is 0 Å². The van der Waals surface area contributed by atoms with Crippen LogP contribution in [-0.4, -0.2) is 16.1 Å². The van der Waals surface area contributed by atoms with Gasteiger partial charge in [-0.2, -0.15) is 0 Å². The van der Waals surface area contributed by atoms with Gasteiger partial charge in [0.05, 0.1) is 6.20 Å². The number of aliphatic carboxylic acids is 1. The Balaban J connectivity index is 2.65. The van der Waals surface area contributed by atoms with Gasteiger partial charge in [0.1, 0.15) is 12.2 Å². The van der Waals surface area contributed by atoms with Crippen molar-refractivity contribution < 1.29 is 14.3 Å². The van der Waals surface area contributed by atoms with Gasteiger partial charge in [-0.1, -0.05) is 6.92 Å². The normalized spacial score (nSPS) is 9.91. The van der Waals surface area contributed by atoms with Crippen LogP contribution in [0.25, 0.3) is 0 Å². The number of aromatic nitrogens is 1. The molecule has 4 nitrogen and oxygen atoms in total. The lowest BCUT2D eigenvalue weighted by Crippen LogP contribution is -1.99. The minimum absolute atomic E-state index is 0.139. The van der Waals surface area contributed by atoms with E-state index < -0.39 is 5.97 Å². The molecule has 0 radical (unpaired) electrons. The molecule has 0 spiro atoms. The van der Waals surface area contributed by atoms with Crippen molar-refractivity contribution in [3.05, 3.63) is 17.8 Å². The minimum Gasteiger partial charge on any atom is -0.481 e. The van der Waals surface area contributed by atoms with Crippen LogP contribution < -0.4 is 0 Å². The number of hydrogen-bond acceptors (Lipinski definition) is 3. The number of rotatable bonds is 3. The Morgan fingerprint density at radius 2 is 2.55 bits per heavy atom. The highest BCUT2D eigenvalue weighted by Crippen LogP contribution is 2.04. The number of carboxylic acid groups (broad SMARTS) is 1. The van der Waals surface area contributed by atoms with Crippen LogP contribution in [0.3, 0.4) is 0 Å². The molecular formula is C7H9NO3. The molecule has 1 rings (SSSR count). The molecule has 0 aliphatic carbocycles. The lowest BCUT2D eigenvalue weighted by molar-refractivity contribution is -0.136. The lowest BCUT2D eigenvalue weighted by Gasteiger charge is -1.87. The van der Waals surface area contributed by atoms with Crippen LogP contribution in [0.4, 0.5) is 0 Å². The molecule has 4 heteroatoms. The third-order valence-electron chi connectivity index (χ3n) is 1.25. The van der Waals surface area contributed by atoms with Gasteiger partial charge in [-0.15, -0.1) is 0 Å². The van der Waals surface area contributed by atoms with E-state index in [1.807, 2.05) is 6.92 Å². The summed E-state index contributed by atoms with van der Waals surface area (Å²) < 4.78 is 5.05. The Morgan fingerprint density at radius 3 is 3.00 bits per heavy atom. The second-order valence-corrected chi connectivity index (χ2v) is 2.14. The Labute approximate surface area is 63.9 Å². The molecule has 0 aliphatic heterocycles. The quantitative estimate of drug-likeness (QED) is 0.703. The lowest BCUT2D eigenvalue weighted by atomic mass is 10.4. The number of nitrogens with zero attached hydrogens (tertiary/aromatic N) is 1. The molecule has 1 aromatic rings. The van der Waals surface area contributed by atoms with Gasteiger partial charge in [0.15, 0.2) is 0 Å². The molecule has 0 aliphatic rings. The second-order valence-electron chi connectivity index (χ2n) is 2.14. The molecule has 0 unspecified atom stereocenters. The summed E-state index contributed by atoms with van der Waals surface area (Å²) in [6.07, 6.45) is 2.16. The molecule has 0 atom stereocenters. The molecule has 0 aromatic carbocycles. The smallest absolute Gasteiger partial charge is 0.312 e. The Morgan fingerprint density at radius 1 is 1.82 bits per heavy atom. The van der Waals surface area contributed by atoms with Crippen molar-refractivity contribution in [1.29, 1.82) is 0 Å². The number of oxazole rings is 1. The van der Waals surface area contributed by atoms with Crippen LogP contribution in [0.5, 0.6) is 0 Å². The van der Waals surface area contributed by atoms with E-state index in [2.05, 4.69) is 4.98 Å². The maximum absolute atomic E-state index is 10.2. The molecule has 0 saturated heterocycles. The Kier molecular flexibility index (Phi) is 2.25. The van der Waals surface area contributed by atoms with Crippen LogP contribution in [0.2, 0.25) is 0 Å². The van der Waals surface area contributed by atoms with Crippen molar-refractivity contribution in [3.8, 4) is 0 Å². The average Bonchev–Trinajstić information content (AvgIpc) is 2.34. The number of carboxylic acids is 1. The fourth-order valence-corrected chi connectivity index (χ4v) is 0.723. The third kappa shape index (κ3) is 2.07. The largest absolute Gasteiger partial charge is 0.481 e. The molecule has 0 fully saturated rings. The van der Waals surface area contributed by atoms with Crippen molar-refractivity contribution >= 4 is 5.97 Å². The summed E-state index contributed by atoms with van der Waals surface area (Å²) in [4.78, 5) is 13.9. The number of carbonyl (C=O) groups is 1. The zero-order valence-electron chi connectivity index (χ0n) is 6.20. The highest BCUT2D eigenvalue weighted by molar-refractivity contribution is 5.68. The molecule has 60 valence electrons. The first kappa shape index (κ1) is 7.78. The monoisotopic (exact) mass is 155 g/mol. The van der Waals surface area contributed by atoms with E-state index in [0.717, 1.165) is 12.2 Å². The van der Waals surface area contributed by atoms with Crippen LogP contribution in [0, 0.1) is 0 Å². The van der Waals surface area contributed by atoms with Crippen LogP contribution >= 0.6 is 0 Å². The first-order valence-corrected chi connectivity index (χ1v) is 3.37. The van der Waals surface area contributed by atoms with Gasteiger partial charge in [0.2, 0.25) is 5.89 Å². The molecule has 0 amide bonds. The predicted octanol–water partition coefficient (Wildman–Crippen LogP) is 0.864.